The lowest BCUT2D eigenvalue weighted by molar-refractivity contribution is -0.119. The molecule has 0 atom stereocenters. The second-order valence-corrected chi connectivity index (χ2v) is 7.39. The number of fused-ring (bicyclic) bond motifs is 1. The monoisotopic (exact) mass is 404 g/mol. The van der Waals surface area contributed by atoms with Crippen LogP contribution in [0.1, 0.15) is 26.1 Å². The number of nitrogens with zero attached hydrogens (tertiary/aromatic N) is 3. The summed E-state index contributed by atoms with van der Waals surface area (Å²) >= 11 is 0. The molecule has 2 amide bonds. The lowest BCUT2D eigenvalue weighted by Crippen LogP contribution is -2.39. The van der Waals surface area contributed by atoms with Crippen molar-refractivity contribution in [3.05, 3.63) is 73.1 Å². The summed E-state index contributed by atoms with van der Waals surface area (Å²) in [7, 11) is 0. The van der Waals surface area contributed by atoms with Crippen molar-refractivity contribution >= 4 is 28.5 Å². The van der Waals surface area contributed by atoms with E-state index < -0.39 is 0 Å². The molecule has 6 heteroatoms. The number of carbonyl (C=O) groups is 2. The highest BCUT2D eigenvalue weighted by Gasteiger charge is 2.21. The van der Waals surface area contributed by atoms with E-state index in [0.29, 0.717) is 13.0 Å². The van der Waals surface area contributed by atoms with Crippen molar-refractivity contribution in [2.45, 2.75) is 39.3 Å². The van der Waals surface area contributed by atoms with Crippen molar-refractivity contribution < 1.29 is 9.59 Å². The third-order valence-electron chi connectivity index (χ3n) is 4.91. The van der Waals surface area contributed by atoms with Gasteiger partial charge in [0.15, 0.2) is 0 Å². The highest BCUT2D eigenvalue weighted by molar-refractivity contribution is 5.94. The molecule has 0 aliphatic heterocycles. The molecule has 30 heavy (non-hydrogen) atoms. The Hall–Kier alpha value is -3.41. The Balaban J connectivity index is 1.83. The molecule has 6 nitrogen and oxygen atoms in total. The van der Waals surface area contributed by atoms with Gasteiger partial charge in [-0.1, -0.05) is 36.9 Å². The molecule has 0 saturated heterocycles. The summed E-state index contributed by atoms with van der Waals surface area (Å²) < 4.78 is 1.99. The van der Waals surface area contributed by atoms with Crippen molar-refractivity contribution in [2.24, 2.45) is 0 Å². The van der Waals surface area contributed by atoms with Crippen molar-refractivity contribution in [3.8, 4) is 0 Å². The third-order valence-corrected chi connectivity index (χ3v) is 4.91. The SMILES string of the molecule is C=CC(=O)NCCCc1nc2ccccc2n1CC(=O)N(c1ccccc1)C(C)C. The lowest BCUT2D eigenvalue weighted by atomic mass is 10.2. The number of nitrogens with one attached hydrogen (secondary N) is 1. The fraction of sp³-hybridized carbons (Fsp3) is 0.292. The zero-order chi connectivity index (χ0) is 21.5. The molecule has 1 heterocycles. The molecule has 2 aromatic carbocycles. The van der Waals surface area contributed by atoms with Gasteiger partial charge in [0.05, 0.1) is 11.0 Å². The Labute approximate surface area is 177 Å². The van der Waals surface area contributed by atoms with Gasteiger partial charge < -0.3 is 14.8 Å². The van der Waals surface area contributed by atoms with E-state index in [2.05, 4.69) is 11.9 Å². The number of hydrogen-bond donors (Lipinski definition) is 1. The van der Waals surface area contributed by atoms with E-state index in [1.165, 1.54) is 6.08 Å². The molecule has 0 aliphatic carbocycles. The van der Waals surface area contributed by atoms with Crippen molar-refractivity contribution in [1.29, 1.82) is 0 Å². The summed E-state index contributed by atoms with van der Waals surface area (Å²) in [5.41, 5.74) is 2.69. The molecule has 1 N–H and O–H groups in total. The van der Waals surface area contributed by atoms with Crippen molar-refractivity contribution in [1.82, 2.24) is 14.9 Å². The lowest BCUT2D eigenvalue weighted by Gasteiger charge is -2.27. The topological polar surface area (TPSA) is 67.2 Å². The van der Waals surface area contributed by atoms with Crippen LogP contribution in [0, 0.1) is 0 Å². The zero-order valence-electron chi connectivity index (χ0n) is 17.5. The maximum absolute atomic E-state index is 13.3. The minimum Gasteiger partial charge on any atom is -0.353 e. The molecule has 0 fully saturated rings. The van der Waals surface area contributed by atoms with Crippen LogP contribution >= 0.6 is 0 Å². The molecule has 0 bridgehead atoms. The molecule has 156 valence electrons. The Bertz CT molecular complexity index is 1020. The van der Waals surface area contributed by atoms with Gasteiger partial charge >= 0.3 is 0 Å². The van der Waals surface area contributed by atoms with Crippen LogP contribution in [0.15, 0.2) is 67.3 Å². The van der Waals surface area contributed by atoms with Crippen LogP contribution in [0.2, 0.25) is 0 Å². The van der Waals surface area contributed by atoms with Gasteiger partial charge in [0, 0.05) is 24.7 Å². The first-order valence-electron chi connectivity index (χ1n) is 10.2. The smallest absolute Gasteiger partial charge is 0.247 e. The molecular weight excluding hydrogens is 376 g/mol. The maximum Gasteiger partial charge on any atom is 0.247 e. The molecule has 0 spiro atoms. The maximum atomic E-state index is 13.3. The number of benzene rings is 2. The number of amides is 2. The Morgan fingerprint density at radius 1 is 1.13 bits per heavy atom. The number of para-hydroxylation sites is 3. The van der Waals surface area contributed by atoms with Crippen LogP contribution in [-0.2, 0) is 22.6 Å². The first-order chi connectivity index (χ1) is 14.5. The van der Waals surface area contributed by atoms with E-state index in [1.54, 1.807) is 0 Å². The molecule has 0 aliphatic rings. The van der Waals surface area contributed by atoms with Gasteiger partial charge in [-0.2, -0.15) is 0 Å². The second-order valence-electron chi connectivity index (χ2n) is 7.39. The third kappa shape index (κ3) is 4.95. The van der Waals surface area contributed by atoms with E-state index in [9.17, 15) is 9.59 Å². The van der Waals surface area contributed by atoms with Gasteiger partial charge in [0.1, 0.15) is 12.4 Å². The zero-order valence-corrected chi connectivity index (χ0v) is 17.5. The molecule has 0 radical (unpaired) electrons. The van der Waals surface area contributed by atoms with Crippen LogP contribution in [0.4, 0.5) is 5.69 Å². The van der Waals surface area contributed by atoms with Gasteiger partial charge in [0.2, 0.25) is 11.8 Å². The Morgan fingerprint density at radius 3 is 2.53 bits per heavy atom. The van der Waals surface area contributed by atoms with Gasteiger partial charge in [-0.3, -0.25) is 9.59 Å². The molecule has 0 saturated carbocycles. The van der Waals surface area contributed by atoms with Crippen LogP contribution in [0.3, 0.4) is 0 Å². The number of imidazole rings is 1. The summed E-state index contributed by atoms with van der Waals surface area (Å²) in [5.74, 6) is 0.670. The van der Waals surface area contributed by atoms with Crippen LogP contribution < -0.4 is 10.2 Å². The van der Waals surface area contributed by atoms with E-state index in [0.717, 1.165) is 29.0 Å². The molecule has 1 aromatic heterocycles. The Kier molecular flexibility index (Phi) is 7.01. The summed E-state index contributed by atoms with van der Waals surface area (Å²) in [6.07, 6.45) is 2.65. The summed E-state index contributed by atoms with van der Waals surface area (Å²) in [4.78, 5) is 31.2. The number of anilines is 1. The number of carbonyl (C=O) groups excluding carboxylic acids is 2. The fourth-order valence-electron chi connectivity index (χ4n) is 3.55. The quantitative estimate of drug-likeness (QED) is 0.437. The van der Waals surface area contributed by atoms with Crippen molar-refractivity contribution in [3.63, 3.8) is 0 Å². The largest absolute Gasteiger partial charge is 0.353 e. The average molecular weight is 405 g/mol. The standard InChI is InChI=1S/C24H28N4O2/c1-4-23(29)25-16-10-15-22-26-20-13-8-9-14-21(20)27(22)17-24(30)28(18(2)3)19-11-6-5-7-12-19/h4-9,11-14,18H,1,10,15-17H2,2-3H3,(H,25,29). The van der Waals surface area contributed by atoms with Crippen LogP contribution in [-0.4, -0.2) is 34.0 Å². The van der Waals surface area contributed by atoms with Crippen molar-refractivity contribution in [2.75, 3.05) is 11.4 Å². The predicted octanol–water partition coefficient (Wildman–Crippen LogP) is 3.71. The minimum absolute atomic E-state index is 0.0144. The highest BCUT2D eigenvalue weighted by atomic mass is 16.2. The Morgan fingerprint density at radius 2 is 1.83 bits per heavy atom. The normalized spacial score (nSPS) is 10.9. The second kappa shape index (κ2) is 9.87. The van der Waals surface area contributed by atoms with Gasteiger partial charge in [-0.15, -0.1) is 0 Å². The van der Waals surface area contributed by atoms with E-state index in [-0.39, 0.29) is 24.4 Å². The number of aryl methyl sites for hydroxylation is 1. The number of aromatic nitrogens is 2. The predicted molar refractivity (Wildman–Crippen MR) is 120 cm³/mol. The van der Waals surface area contributed by atoms with E-state index in [1.807, 2.05) is 77.9 Å². The average Bonchev–Trinajstić information content (AvgIpc) is 3.09. The summed E-state index contributed by atoms with van der Waals surface area (Å²) in [6, 6.07) is 17.6. The molecule has 0 unspecified atom stereocenters. The minimum atomic E-state index is -0.186. The van der Waals surface area contributed by atoms with Gasteiger partial charge in [0.25, 0.3) is 0 Å². The summed E-state index contributed by atoms with van der Waals surface area (Å²) in [5, 5.41) is 2.78. The molecular formula is C24H28N4O2. The molecule has 3 rings (SSSR count). The van der Waals surface area contributed by atoms with E-state index >= 15 is 0 Å². The molecule has 3 aromatic rings. The number of hydrogen-bond acceptors (Lipinski definition) is 3. The fourth-order valence-corrected chi connectivity index (χ4v) is 3.55. The number of rotatable bonds is 9. The van der Waals surface area contributed by atoms with Crippen LogP contribution in [0.5, 0.6) is 0 Å². The summed E-state index contributed by atoms with van der Waals surface area (Å²) in [6.45, 7) is 8.23. The van der Waals surface area contributed by atoms with Gasteiger partial charge in [-0.25, -0.2) is 4.98 Å². The first kappa shape index (κ1) is 21.3. The van der Waals surface area contributed by atoms with Crippen LogP contribution in [0.25, 0.3) is 11.0 Å². The highest BCUT2D eigenvalue weighted by Crippen LogP contribution is 2.21. The van der Waals surface area contributed by atoms with Gasteiger partial charge in [-0.05, 0) is 50.6 Å². The first-order valence-corrected chi connectivity index (χ1v) is 10.2. The van der Waals surface area contributed by atoms with E-state index in [4.69, 9.17) is 4.98 Å².